The standard InChI is InChI=1S/C18H16ClFN2O/c1-11-10-23-18-13(9-21-11)7-15(8-16(18)19)22-5-4-12-6-14(20)2-3-17(12)22/h2-8,11,21H,9-10H2,1H3/t11-/m1/s1. The van der Waals surface area contributed by atoms with E-state index in [1.807, 2.05) is 22.9 Å². The molecule has 1 aliphatic heterocycles. The quantitative estimate of drug-likeness (QED) is 0.720. The number of hydrogen-bond acceptors (Lipinski definition) is 2. The van der Waals surface area contributed by atoms with Crippen LogP contribution in [-0.2, 0) is 6.54 Å². The number of halogens is 2. The van der Waals surface area contributed by atoms with Crippen molar-refractivity contribution in [3.8, 4) is 11.4 Å². The molecule has 5 heteroatoms. The zero-order chi connectivity index (χ0) is 16.0. The van der Waals surface area contributed by atoms with E-state index in [9.17, 15) is 4.39 Å². The van der Waals surface area contributed by atoms with Gasteiger partial charge >= 0.3 is 0 Å². The maximum atomic E-state index is 13.4. The third kappa shape index (κ3) is 2.58. The topological polar surface area (TPSA) is 26.2 Å². The molecule has 0 amide bonds. The molecule has 1 aliphatic rings. The van der Waals surface area contributed by atoms with Crippen molar-refractivity contribution in [3.05, 3.63) is 59.0 Å². The average molecular weight is 331 g/mol. The number of rotatable bonds is 1. The van der Waals surface area contributed by atoms with Crippen molar-refractivity contribution in [3.63, 3.8) is 0 Å². The van der Waals surface area contributed by atoms with Gasteiger partial charge in [0.05, 0.1) is 10.5 Å². The summed E-state index contributed by atoms with van der Waals surface area (Å²) in [6.07, 6.45) is 1.93. The molecule has 0 fully saturated rings. The first kappa shape index (κ1) is 14.5. The molecule has 118 valence electrons. The van der Waals surface area contributed by atoms with Gasteiger partial charge in [0.1, 0.15) is 18.2 Å². The molecular formula is C18H16ClFN2O. The van der Waals surface area contributed by atoms with Gasteiger partial charge in [0, 0.05) is 35.4 Å². The second-order valence-corrected chi connectivity index (χ2v) is 6.30. The second-order valence-electron chi connectivity index (χ2n) is 5.90. The predicted octanol–water partition coefficient (Wildman–Crippen LogP) is 4.29. The smallest absolute Gasteiger partial charge is 0.142 e. The normalized spacial score (nSPS) is 17.6. The van der Waals surface area contributed by atoms with Crippen LogP contribution in [0.2, 0.25) is 5.02 Å². The summed E-state index contributed by atoms with van der Waals surface area (Å²) in [7, 11) is 0. The summed E-state index contributed by atoms with van der Waals surface area (Å²) in [5.74, 6) is 0.511. The molecule has 23 heavy (non-hydrogen) atoms. The number of aromatic nitrogens is 1. The van der Waals surface area contributed by atoms with Gasteiger partial charge in [-0.05, 0) is 43.3 Å². The van der Waals surface area contributed by atoms with Crippen LogP contribution in [0.4, 0.5) is 4.39 Å². The predicted molar refractivity (Wildman–Crippen MR) is 90.0 cm³/mol. The van der Waals surface area contributed by atoms with Crippen molar-refractivity contribution in [2.45, 2.75) is 19.5 Å². The highest BCUT2D eigenvalue weighted by Gasteiger charge is 2.18. The first-order valence-electron chi connectivity index (χ1n) is 7.57. The third-order valence-electron chi connectivity index (χ3n) is 4.15. The van der Waals surface area contributed by atoms with Gasteiger partial charge in [-0.2, -0.15) is 0 Å². The molecule has 1 atom stereocenters. The maximum Gasteiger partial charge on any atom is 0.142 e. The number of ether oxygens (including phenoxy) is 1. The minimum atomic E-state index is -0.234. The van der Waals surface area contributed by atoms with Gasteiger partial charge in [0.25, 0.3) is 0 Å². The summed E-state index contributed by atoms with van der Waals surface area (Å²) in [6, 6.07) is 10.9. The van der Waals surface area contributed by atoms with Crippen LogP contribution in [0.3, 0.4) is 0 Å². The molecule has 3 nitrogen and oxygen atoms in total. The molecule has 0 unspecified atom stereocenters. The van der Waals surface area contributed by atoms with Crippen LogP contribution in [0, 0.1) is 5.82 Å². The Balaban J connectivity index is 1.84. The van der Waals surface area contributed by atoms with Crippen LogP contribution in [0.25, 0.3) is 16.6 Å². The molecule has 0 aliphatic carbocycles. The lowest BCUT2D eigenvalue weighted by molar-refractivity contribution is 0.287. The van der Waals surface area contributed by atoms with Crippen LogP contribution in [-0.4, -0.2) is 17.2 Å². The van der Waals surface area contributed by atoms with Crippen LogP contribution >= 0.6 is 11.6 Å². The fraction of sp³-hybridized carbons (Fsp3) is 0.222. The number of hydrogen-bond donors (Lipinski definition) is 1. The summed E-state index contributed by atoms with van der Waals surface area (Å²) in [4.78, 5) is 0. The fourth-order valence-corrected chi connectivity index (χ4v) is 3.24. The molecule has 2 aromatic carbocycles. The van der Waals surface area contributed by atoms with E-state index in [4.69, 9.17) is 16.3 Å². The van der Waals surface area contributed by atoms with Crippen LogP contribution in [0.5, 0.6) is 5.75 Å². The van der Waals surface area contributed by atoms with Gasteiger partial charge in [-0.25, -0.2) is 4.39 Å². The fourth-order valence-electron chi connectivity index (χ4n) is 2.96. The SMILES string of the molecule is C[C@@H]1COc2c(Cl)cc(-n3ccc4cc(F)ccc43)cc2CN1. The van der Waals surface area contributed by atoms with E-state index in [1.165, 1.54) is 12.1 Å². The van der Waals surface area contributed by atoms with E-state index in [0.29, 0.717) is 18.2 Å². The van der Waals surface area contributed by atoms with Crippen molar-refractivity contribution in [1.82, 2.24) is 9.88 Å². The highest BCUT2D eigenvalue weighted by Crippen LogP contribution is 2.34. The molecule has 3 aromatic rings. The Morgan fingerprint density at radius 2 is 2.13 bits per heavy atom. The zero-order valence-corrected chi connectivity index (χ0v) is 13.4. The minimum Gasteiger partial charge on any atom is -0.490 e. The van der Waals surface area contributed by atoms with Gasteiger partial charge in [-0.3, -0.25) is 0 Å². The molecule has 0 bridgehead atoms. The lowest BCUT2D eigenvalue weighted by atomic mass is 10.1. The Kier molecular flexibility index (Phi) is 3.51. The van der Waals surface area contributed by atoms with Gasteiger partial charge in [0.15, 0.2) is 0 Å². The lowest BCUT2D eigenvalue weighted by Gasteiger charge is -2.13. The van der Waals surface area contributed by atoms with Gasteiger partial charge in [-0.15, -0.1) is 0 Å². The molecule has 1 N–H and O–H groups in total. The Morgan fingerprint density at radius 3 is 3.00 bits per heavy atom. The molecule has 0 saturated carbocycles. The first-order chi connectivity index (χ1) is 11.1. The van der Waals surface area contributed by atoms with E-state index < -0.39 is 0 Å². The van der Waals surface area contributed by atoms with Crippen LogP contribution in [0.1, 0.15) is 12.5 Å². The molecule has 2 heterocycles. The monoisotopic (exact) mass is 330 g/mol. The minimum absolute atomic E-state index is 0.234. The summed E-state index contributed by atoms with van der Waals surface area (Å²) < 4.78 is 21.2. The Bertz CT molecular complexity index is 890. The highest BCUT2D eigenvalue weighted by molar-refractivity contribution is 6.32. The molecule has 1 aromatic heterocycles. The number of nitrogens with one attached hydrogen (secondary N) is 1. The maximum absolute atomic E-state index is 13.4. The van der Waals surface area contributed by atoms with Crippen LogP contribution in [0.15, 0.2) is 42.6 Å². The van der Waals surface area contributed by atoms with Gasteiger partial charge in [0.2, 0.25) is 0 Å². The number of benzene rings is 2. The second kappa shape index (κ2) is 5.55. The van der Waals surface area contributed by atoms with E-state index >= 15 is 0 Å². The highest BCUT2D eigenvalue weighted by atomic mass is 35.5. The molecule has 4 rings (SSSR count). The van der Waals surface area contributed by atoms with Crippen LogP contribution < -0.4 is 10.1 Å². The largest absolute Gasteiger partial charge is 0.490 e. The van der Waals surface area contributed by atoms with Crippen molar-refractivity contribution >= 4 is 22.5 Å². The summed E-state index contributed by atoms with van der Waals surface area (Å²) in [6.45, 7) is 3.38. The molecular weight excluding hydrogens is 315 g/mol. The Labute approximate surface area is 138 Å². The third-order valence-corrected chi connectivity index (χ3v) is 4.44. The summed E-state index contributed by atoms with van der Waals surface area (Å²) in [5, 5.41) is 4.86. The summed E-state index contributed by atoms with van der Waals surface area (Å²) in [5.41, 5.74) is 2.91. The first-order valence-corrected chi connectivity index (χ1v) is 7.95. The van der Waals surface area contributed by atoms with E-state index in [2.05, 4.69) is 18.3 Å². The Morgan fingerprint density at radius 1 is 1.26 bits per heavy atom. The number of nitrogens with zero attached hydrogens (tertiary/aromatic N) is 1. The van der Waals surface area contributed by atoms with Crippen molar-refractivity contribution in [1.29, 1.82) is 0 Å². The van der Waals surface area contributed by atoms with E-state index in [1.54, 1.807) is 6.07 Å². The van der Waals surface area contributed by atoms with Gasteiger partial charge in [-0.1, -0.05) is 11.6 Å². The van der Waals surface area contributed by atoms with E-state index in [-0.39, 0.29) is 11.9 Å². The number of fused-ring (bicyclic) bond motifs is 2. The molecule has 0 radical (unpaired) electrons. The van der Waals surface area contributed by atoms with Crippen molar-refractivity contribution < 1.29 is 9.13 Å². The molecule has 0 spiro atoms. The summed E-state index contributed by atoms with van der Waals surface area (Å²) >= 11 is 6.43. The zero-order valence-electron chi connectivity index (χ0n) is 12.6. The van der Waals surface area contributed by atoms with Gasteiger partial charge < -0.3 is 14.6 Å². The Hall–Kier alpha value is -2.04. The lowest BCUT2D eigenvalue weighted by Crippen LogP contribution is -2.28. The molecule has 0 saturated heterocycles. The van der Waals surface area contributed by atoms with E-state index in [0.717, 1.165) is 27.9 Å². The average Bonchev–Trinajstić information content (AvgIpc) is 2.84. The van der Waals surface area contributed by atoms with Crippen molar-refractivity contribution in [2.24, 2.45) is 0 Å². The van der Waals surface area contributed by atoms with Crippen molar-refractivity contribution in [2.75, 3.05) is 6.61 Å².